The average molecular weight is 369 g/mol. The number of rotatable bonds is 6. The monoisotopic (exact) mass is 369 g/mol. The fourth-order valence-corrected chi connectivity index (χ4v) is 4.32. The molecule has 2 aromatic carbocycles. The minimum atomic E-state index is -0.974. The summed E-state index contributed by atoms with van der Waals surface area (Å²) in [6, 6.07) is 11.8. The first kappa shape index (κ1) is 19.1. The highest BCUT2D eigenvalue weighted by Gasteiger charge is 2.44. The summed E-state index contributed by atoms with van der Waals surface area (Å²) in [4.78, 5) is 11.4. The Kier molecular flexibility index (Phi) is 5.31. The summed E-state index contributed by atoms with van der Waals surface area (Å²) >= 11 is 0. The van der Waals surface area contributed by atoms with Gasteiger partial charge in [-0.25, -0.2) is 4.79 Å². The van der Waals surface area contributed by atoms with Gasteiger partial charge in [0.1, 0.15) is 11.5 Å². The number of carboxylic acid groups (broad SMARTS) is 1. The maximum absolute atomic E-state index is 11.4. The lowest BCUT2D eigenvalue weighted by Gasteiger charge is -2.33. The van der Waals surface area contributed by atoms with Crippen molar-refractivity contribution in [3.8, 4) is 22.6 Å². The maximum Gasteiger partial charge on any atom is 0.405 e. The summed E-state index contributed by atoms with van der Waals surface area (Å²) in [6.07, 6.45) is 1.72. The topological polar surface area (TPSA) is 67.8 Å². The molecule has 5 heteroatoms. The van der Waals surface area contributed by atoms with Gasteiger partial charge in [-0.1, -0.05) is 32.0 Å². The molecule has 0 saturated heterocycles. The highest BCUT2D eigenvalue weighted by molar-refractivity contribution is 5.74. The third kappa shape index (κ3) is 3.34. The molecule has 0 radical (unpaired) electrons. The summed E-state index contributed by atoms with van der Waals surface area (Å²) in [5.41, 5.74) is 4.19. The largest absolute Gasteiger partial charge is 0.497 e. The summed E-state index contributed by atoms with van der Waals surface area (Å²) in [6.45, 7) is 4.27. The van der Waals surface area contributed by atoms with Crippen LogP contribution in [-0.2, 0) is 6.42 Å². The molecule has 1 unspecified atom stereocenters. The van der Waals surface area contributed by atoms with Crippen molar-refractivity contribution in [2.75, 3.05) is 14.2 Å². The number of methoxy groups -OCH3 is 2. The van der Waals surface area contributed by atoms with Crippen LogP contribution in [0.1, 0.15) is 43.9 Å². The summed E-state index contributed by atoms with van der Waals surface area (Å²) in [5.74, 6) is 1.55. The van der Waals surface area contributed by atoms with E-state index in [-0.39, 0.29) is 11.5 Å². The van der Waals surface area contributed by atoms with Gasteiger partial charge in [-0.05, 0) is 59.6 Å². The van der Waals surface area contributed by atoms with E-state index in [4.69, 9.17) is 9.47 Å². The van der Waals surface area contributed by atoms with E-state index in [2.05, 4.69) is 31.3 Å². The Bertz CT molecular complexity index is 842. The molecule has 1 atom stereocenters. The van der Waals surface area contributed by atoms with Crippen LogP contribution in [0.25, 0.3) is 11.1 Å². The predicted octanol–water partition coefficient (Wildman–Crippen LogP) is 5.04. The van der Waals surface area contributed by atoms with E-state index in [9.17, 15) is 9.90 Å². The van der Waals surface area contributed by atoms with Crippen LogP contribution in [0.2, 0.25) is 0 Å². The molecular formula is C22H27NO4. The van der Waals surface area contributed by atoms with E-state index in [1.807, 2.05) is 24.3 Å². The van der Waals surface area contributed by atoms with Crippen molar-refractivity contribution in [2.45, 2.75) is 39.2 Å². The number of amides is 1. The fourth-order valence-electron chi connectivity index (χ4n) is 4.32. The van der Waals surface area contributed by atoms with Gasteiger partial charge >= 0.3 is 6.09 Å². The van der Waals surface area contributed by atoms with Crippen molar-refractivity contribution in [3.63, 3.8) is 0 Å². The zero-order chi connectivity index (χ0) is 19.6. The lowest BCUT2D eigenvalue weighted by molar-refractivity contribution is 0.157. The highest BCUT2D eigenvalue weighted by Crippen LogP contribution is 2.51. The van der Waals surface area contributed by atoms with Gasteiger partial charge < -0.3 is 19.9 Å². The first-order valence-corrected chi connectivity index (χ1v) is 9.32. The smallest absolute Gasteiger partial charge is 0.405 e. The second-order valence-corrected chi connectivity index (χ2v) is 7.11. The molecule has 0 heterocycles. The first-order valence-electron chi connectivity index (χ1n) is 9.32. The highest BCUT2D eigenvalue weighted by atomic mass is 16.5. The van der Waals surface area contributed by atoms with Gasteiger partial charge in [0.25, 0.3) is 0 Å². The second kappa shape index (κ2) is 7.51. The van der Waals surface area contributed by atoms with Crippen LogP contribution >= 0.6 is 0 Å². The van der Waals surface area contributed by atoms with Crippen LogP contribution in [0.3, 0.4) is 0 Å². The number of ether oxygens (including phenoxy) is 2. The van der Waals surface area contributed by atoms with Crippen LogP contribution in [0.15, 0.2) is 36.4 Å². The van der Waals surface area contributed by atoms with Crippen LogP contribution < -0.4 is 14.8 Å². The maximum atomic E-state index is 11.4. The molecule has 0 bridgehead atoms. The van der Waals surface area contributed by atoms with Gasteiger partial charge in [-0.2, -0.15) is 0 Å². The van der Waals surface area contributed by atoms with E-state index >= 15 is 0 Å². The SMILES string of the molecule is CCC1(CC)Cc2cc(-c3cc(OC)ccc3OC)ccc2C1NC(=O)O. The lowest BCUT2D eigenvalue weighted by atomic mass is 9.76. The number of nitrogens with one attached hydrogen (secondary N) is 1. The summed E-state index contributed by atoms with van der Waals surface area (Å²) in [7, 11) is 3.30. The Morgan fingerprint density at radius 2 is 1.89 bits per heavy atom. The molecule has 0 saturated carbocycles. The molecule has 0 aromatic heterocycles. The van der Waals surface area contributed by atoms with E-state index in [1.54, 1.807) is 14.2 Å². The lowest BCUT2D eigenvalue weighted by Crippen LogP contribution is -2.37. The molecule has 27 heavy (non-hydrogen) atoms. The van der Waals surface area contributed by atoms with E-state index in [0.29, 0.717) is 0 Å². The Morgan fingerprint density at radius 3 is 2.48 bits per heavy atom. The first-order chi connectivity index (χ1) is 13.0. The molecule has 2 aromatic rings. The molecule has 0 spiro atoms. The minimum absolute atomic E-state index is 0.0855. The molecule has 5 nitrogen and oxygen atoms in total. The second-order valence-electron chi connectivity index (χ2n) is 7.11. The summed E-state index contributed by atoms with van der Waals surface area (Å²) < 4.78 is 10.9. The van der Waals surface area contributed by atoms with Crippen molar-refractivity contribution < 1.29 is 19.4 Å². The van der Waals surface area contributed by atoms with Gasteiger partial charge in [0.2, 0.25) is 0 Å². The van der Waals surface area contributed by atoms with Gasteiger partial charge in [-0.3, -0.25) is 0 Å². The minimum Gasteiger partial charge on any atom is -0.497 e. The van der Waals surface area contributed by atoms with Crippen molar-refractivity contribution >= 4 is 6.09 Å². The van der Waals surface area contributed by atoms with Crippen LogP contribution in [0, 0.1) is 5.41 Å². The zero-order valence-electron chi connectivity index (χ0n) is 16.3. The molecule has 2 N–H and O–H groups in total. The van der Waals surface area contributed by atoms with E-state index in [1.165, 1.54) is 5.56 Å². The molecule has 144 valence electrons. The van der Waals surface area contributed by atoms with Crippen molar-refractivity contribution in [1.82, 2.24) is 5.32 Å². The fraction of sp³-hybridized carbons (Fsp3) is 0.409. The van der Waals surface area contributed by atoms with Gasteiger partial charge in [0.15, 0.2) is 0 Å². The molecule has 0 aliphatic heterocycles. The van der Waals surface area contributed by atoms with Gasteiger partial charge in [0.05, 0.1) is 20.3 Å². The predicted molar refractivity (Wildman–Crippen MR) is 106 cm³/mol. The Labute approximate surface area is 160 Å². The Balaban J connectivity index is 2.08. The van der Waals surface area contributed by atoms with Gasteiger partial charge in [-0.15, -0.1) is 0 Å². The third-order valence-corrected chi connectivity index (χ3v) is 6.00. The van der Waals surface area contributed by atoms with E-state index < -0.39 is 6.09 Å². The molecule has 3 rings (SSSR count). The van der Waals surface area contributed by atoms with Crippen molar-refractivity contribution in [3.05, 3.63) is 47.5 Å². The van der Waals surface area contributed by atoms with Crippen molar-refractivity contribution in [2.24, 2.45) is 5.41 Å². The van der Waals surface area contributed by atoms with Crippen LogP contribution in [0.5, 0.6) is 11.5 Å². The van der Waals surface area contributed by atoms with Crippen molar-refractivity contribution in [1.29, 1.82) is 0 Å². The summed E-state index contributed by atoms with van der Waals surface area (Å²) in [5, 5.41) is 12.1. The number of carbonyl (C=O) groups is 1. The number of benzene rings is 2. The van der Waals surface area contributed by atoms with Crippen LogP contribution in [-0.4, -0.2) is 25.4 Å². The standard InChI is InChI=1S/C22H27NO4/c1-5-22(6-2)13-15-11-14(7-9-17(15)20(22)23-21(24)25)18-12-16(26-3)8-10-19(18)27-4/h7-12,20,23H,5-6,13H2,1-4H3,(H,24,25). The normalized spacial score (nSPS) is 17.3. The van der Waals surface area contributed by atoms with E-state index in [0.717, 1.165) is 47.5 Å². The van der Waals surface area contributed by atoms with Crippen LogP contribution in [0.4, 0.5) is 4.79 Å². The average Bonchev–Trinajstić information content (AvgIpc) is 3.00. The molecular weight excluding hydrogens is 342 g/mol. The molecule has 1 aliphatic carbocycles. The molecule has 1 aliphatic rings. The quantitative estimate of drug-likeness (QED) is 0.748. The Morgan fingerprint density at radius 1 is 1.15 bits per heavy atom. The number of hydrogen-bond donors (Lipinski definition) is 2. The Hall–Kier alpha value is -2.69. The van der Waals surface area contributed by atoms with Gasteiger partial charge in [0, 0.05) is 5.56 Å². The zero-order valence-corrected chi connectivity index (χ0v) is 16.3. The number of fused-ring (bicyclic) bond motifs is 1. The molecule has 1 amide bonds. The third-order valence-electron chi connectivity index (χ3n) is 6.00. The molecule has 0 fully saturated rings. The number of hydrogen-bond acceptors (Lipinski definition) is 3.